The van der Waals surface area contributed by atoms with Crippen molar-refractivity contribution in [3.05, 3.63) is 53.1 Å². The number of rotatable bonds is 4. The Morgan fingerprint density at radius 2 is 2.06 bits per heavy atom. The molecule has 2 aromatic carbocycles. The Balaban J connectivity index is 2.04. The molecule has 2 aromatic rings. The standard InChI is InChI=1S/C14H14ClNOS/c1-18-12-4-2-3-11(8-12)16-9-10-5-6-14(17)13(15)7-10/h2-8,16-17H,9H2,1H3. The van der Waals surface area contributed by atoms with Crippen LogP contribution in [-0.2, 0) is 6.54 Å². The highest BCUT2D eigenvalue weighted by molar-refractivity contribution is 7.98. The van der Waals surface area contributed by atoms with Crippen LogP contribution in [-0.4, -0.2) is 11.4 Å². The summed E-state index contributed by atoms with van der Waals surface area (Å²) in [6, 6.07) is 13.5. The van der Waals surface area contributed by atoms with Crippen LogP contribution in [0.4, 0.5) is 5.69 Å². The predicted octanol–water partition coefficient (Wildman–Crippen LogP) is 4.38. The van der Waals surface area contributed by atoms with E-state index >= 15 is 0 Å². The van der Waals surface area contributed by atoms with Crippen LogP contribution in [0.25, 0.3) is 0 Å². The van der Waals surface area contributed by atoms with Crippen molar-refractivity contribution >= 4 is 29.1 Å². The summed E-state index contributed by atoms with van der Waals surface area (Å²) in [6.07, 6.45) is 2.05. The topological polar surface area (TPSA) is 32.3 Å². The molecule has 0 aliphatic rings. The van der Waals surface area contributed by atoms with Gasteiger partial charge in [-0.15, -0.1) is 11.8 Å². The molecule has 0 saturated carbocycles. The van der Waals surface area contributed by atoms with Crippen molar-refractivity contribution in [1.29, 1.82) is 0 Å². The van der Waals surface area contributed by atoms with Crippen LogP contribution < -0.4 is 5.32 Å². The molecule has 0 fully saturated rings. The van der Waals surface area contributed by atoms with Gasteiger partial charge in [-0.05, 0) is 42.2 Å². The fourth-order valence-electron chi connectivity index (χ4n) is 1.60. The molecule has 0 aliphatic heterocycles. The number of hydrogen-bond acceptors (Lipinski definition) is 3. The first-order valence-electron chi connectivity index (χ1n) is 5.54. The minimum Gasteiger partial charge on any atom is -0.506 e. The molecule has 4 heteroatoms. The first-order valence-corrected chi connectivity index (χ1v) is 7.14. The van der Waals surface area contributed by atoms with Crippen molar-refractivity contribution in [2.24, 2.45) is 0 Å². The molecular formula is C14H14ClNOS. The van der Waals surface area contributed by atoms with E-state index in [4.69, 9.17) is 11.6 Å². The number of hydrogen-bond donors (Lipinski definition) is 2. The maximum atomic E-state index is 9.34. The van der Waals surface area contributed by atoms with E-state index < -0.39 is 0 Å². The molecule has 0 amide bonds. The molecule has 0 saturated heterocycles. The highest BCUT2D eigenvalue weighted by Gasteiger charge is 2.00. The molecule has 0 spiro atoms. The summed E-state index contributed by atoms with van der Waals surface area (Å²) >= 11 is 7.58. The summed E-state index contributed by atoms with van der Waals surface area (Å²) in [6.45, 7) is 0.678. The predicted molar refractivity (Wildman–Crippen MR) is 78.7 cm³/mol. The lowest BCUT2D eigenvalue weighted by Crippen LogP contribution is -1.99. The third-order valence-electron chi connectivity index (χ3n) is 2.58. The molecule has 0 unspecified atom stereocenters. The van der Waals surface area contributed by atoms with Gasteiger partial charge in [-0.1, -0.05) is 23.7 Å². The third kappa shape index (κ3) is 3.34. The molecular weight excluding hydrogens is 266 g/mol. The maximum absolute atomic E-state index is 9.34. The average Bonchev–Trinajstić information content (AvgIpc) is 2.40. The molecule has 2 rings (SSSR count). The van der Waals surface area contributed by atoms with Crippen molar-refractivity contribution in [2.45, 2.75) is 11.4 Å². The van der Waals surface area contributed by atoms with E-state index in [2.05, 4.69) is 23.7 Å². The van der Waals surface area contributed by atoms with Gasteiger partial charge in [0.25, 0.3) is 0 Å². The fraction of sp³-hybridized carbons (Fsp3) is 0.143. The molecule has 0 aromatic heterocycles. The number of halogens is 1. The molecule has 0 radical (unpaired) electrons. The monoisotopic (exact) mass is 279 g/mol. The zero-order valence-corrected chi connectivity index (χ0v) is 11.6. The minimum atomic E-state index is 0.116. The van der Waals surface area contributed by atoms with Gasteiger partial charge >= 0.3 is 0 Å². The Hall–Kier alpha value is -1.32. The van der Waals surface area contributed by atoms with Crippen LogP contribution in [0.3, 0.4) is 0 Å². The average molecular weight is 280 g/mol. The van der Waals surface area contributed by atoms with Crippen LogP contribution in [0.15, 0.2) is 47.4 Å². The number of aromatic hydroxyl groups is 1. The lowest BCUT2D eigenvalue weighted by molar-refractivity contribution is 0.475. The second-order valence-corrected chi connectivity index (χ2v) is 5.16. The number of anilines is 1. The number of thioether (sulfide) groups is 1. The van der Waals surface area contributed by atoms with E-state index in [0.717, 1.165) is 11.3 Å². The smallest absolute Gasteiger partial charge is 0.134 e. The number of phenols is 1. The zero-order chi connectivity index (χ0) is 13.0. The molecule has 2 N–H and O–H groups in total. The van der Waals surface area contributed by atoms with Crippen LogP contribution in [0.1, 0.15) is 5.56 Å². The van der Waals surface area contributed by atoms with E-state index in [0.29, 0.717) is 11.6 Å². The zero-order valence-electron chi connectivity index (χ0n) is 9.98. The summed E-state index contributed by atoms with van der Waals surface area (Å²) in [5.41, 5.74) is 2.11. The third-order valence-corrected chi connectivity index (χ3v) is 3.61. The largest absolute Gasteiger partial charge is 0.506 e. The van der Waals surface area contributed by atoms with Crippen molar-refractivity contribution in [1.82, 2.24) is 0 Å². The molecule has 0 heterocycles. The minimum absolute atomic E-state index is 0.116. The van der Waals surface area contributed by atoms with Gasteiger partial charge in [0.1, 0.15) is 5.75 Å². The van der Waals surface area contributed by atoms with E-state index in [1.165, 1.54) is 4.90 Å². The first kappa shape index (κ1) is 13.1. The number of nitrogens with one attached hydrogen (secondary N) is 1. The van der Waals surface area contributed by atoms with Gasteiger partial charge in [0, 0.05) is 17.1 Å². The highest BCUT2D eigenvalue weighted by Crippen LogP contribution is 2.24. The SMILES string of the molecule is CSc1cccc(NCc2ccc(O)c(Cl)c2)c1. The van der Waals surface area contributed by atoms with Crippen LogP contribution in [0, 0.1) is 0 Å². The van der Waals surface area contributed by atoms with Gasteiger partial charge in [0.15, 0.2) is 0 Å². The van der Waals surface area contributed by atoms with Gasteiger partial charge in [0.2, 0.25) is 0 Å². The van der Waals surface area contributed by atoms with Gasteiger partial charge in [-0.3, -0.25) is 0 Å². The van der Waals surface area contributed by atoms with E-state index in [1.807, 2.05) is 18.2 Å². The summed E-state index contributed by atoms with van der Waals surface area (Å²) < 4.78 is 0. The normalized spacial score (nSPS) is 10.3. The highest BCUT2D eigenvalue weighted by atomic mass is 35.5. The first-order chi connectivity index (χ1) is 8.69. The summed E-state index contributed by atoms with van der Waals surface area (Å²) in [5.74, 6) is 0.116. The fourth-order valence-corrected chi connectivity index (χ4v) is 2.26. The number of phenolic OH excluding ortho intramolecular Hbond substituents is 1. The quantitative estimate of drug-likeness (QED) is 0.815. The Bertz CT molecular complexity index is 545. The lowest BCUT2D eigenvalue weighted by atomic mass is 10.2. The second kappa shape index (κ2) is 6.03. The summed E-state index contributed by atoms with van der Waals surface area (Å²) in [4.78, 5) is 1.23. The van der Waals surface area contributed by atoms with Crippen molar-refractivity contribution in [3.8, 4) is 5.75 Å². The maximum Gasteiger partial charge on any atom is 0.134 e. The van der Waals surface area contributed by atoms with Crippen LogP contribution in [0.2, 0.25) is 5.02 Å². The van der Waals surface area contributed by atoms with Crippen molar-refractivity contribution in [2.75, 3.05) is 11.6 Å². The van der Waals surface area contributed by atoms with E-state index in [1.54, 1.807) is 23.9 Å². The summed E-state index contributed by atoms with van der Waals surface area (Å²) in [5, 5.41) is 13.1. The van der Waals surface area contributed by atoms with Crippen molar-refractivity contribution < 1.29 is 5.11 Å². The van der Waals surface area contributed by atoms with Gasteiger partial charge in [0.05, 0.1) is 5.02 Å². The van der Waals surface area contributed by atoms with Gasteiger partial charge < -0.3 is 10.4 Å². The Morgan fingerprint density at radius 1 is 1.22 bits per heavy atom. The molecule has 18 heavy (non-hydrogen) atoms. The Kier molecular flexibility index (Phi) is 4.39. The molecule has 0 atom stereocenters. The molecule has 94 valence electrons. The second-order valence-electron chi connectivity index (χ2n) is 3.87. The van der Waals surface area contributed by atoms with Crippen molar-refractivity contribution in [3.63, 3.8) is 0 Å². The molecule has 0 aliphatic carbocycles. The van der Waals surface area contributed by atoms with Gasteiger partial charge in [-0.25, -0.2) is 0 Å². The van der Waals surface area contributed by atoms with Gasteiger partial charge in [-0.2, -0.15) is 0 Å². The molecule has 0 bridgehead atoms. The number of benzene rings is 2. The van der Waals surface area contributed by atoms with Crippen LogP contribution >= 0.6 is 23.4 Å². The van der Waals surface area contributed by atoms with Crippen LogP contribution in [0.5, 0.6) is 5.75 Å². The van der Waals surface area contributed by atoms with E-state index in [-0.39, 0.29) is 5.75 Å². The Labute approximate surface area is 116 Å². The Morgan fingerprint density at radius 3 is 2.78 bits per heavy atom. The summed E-state index contributed by atoms with van der Waals surface area (Å²) in [7, 11) is 0. The van der Waals surface area contributed by atoms with E-state index in [9.17, 15) is 5.11 Å². The molecule has 2 nitrogen and oxygen atoms in total. The lowest BCUT2D eigenvalue weighted by Gasteiger charge is -2.08.